The van der Waals surface area contributed by atoms with Gasteiger partial charge in [-0.15, -0.1) is 0 Å². The lowest BCUT2D eigenvalue weighted by Gasteiger charge is -2.11. The number of benzene rings is 2. The number of hydrogen-bond acceptors (Lipinski definition) is 3. The standard InChI is InChI=1S/C17H15F3N2O3S/c18-17(19,20)12-2-1-3-14(10-12)22-26(24,25)15-8-4-11(5-9-15)16(23)21-13-6-7-13/h1-5,8-10,13,22H,6-7H2,(H,21,23). The monoisotopic (exact) mass is 384 g/mol. The van der Waals surface area contributed by atoms with Crippen molar-refractivity contribution >= 4 is 21.6 Å². The Kier molecular flexibility index (Phi) is 4.66. The molecule has 2 aromatic rings. The van der Waals surface area contributed by atoms with Crippen LogP contribution in [0.3, 0.4) is 0 Å². The normalized spacial score (nSPS) is 14.7. The fraction of sp³-hybridized carbons (Fsp3) is 0.235. The molecule has 9 heteroatoms. The minimum atomic E-state index is -4.57. The Balaban J connectivity index is 1.76. The molecule has 0 radical (unpaired) electrons. The molecule has 0 heterocycles. The Labute approximate surface area is 148 Å². The van der Waals surface area contributed by atoms with E-state index in [4.69, 9.17) is 0 Å². The van der Waals surface area contributed by atoms with Crippen molar-refractivity contribution in [3.63, 3.8) is 0 Å². The van der Waals surface area contributed by atoms with Crippen molar-refractivity contribution in [2.45, 2.75) is 30.0 Å². The predicted molar refractivity (Wildman–Crippen MR) is 89.2 cm³/mol. The van der Waals surface area contributed by atoms with Gasteiger partial charge in [-0.3, -0.25) is 9.52 Å². The molecule has 1 amide bonds. The highest BCUT2D eigenvalue weighted by molar-refractivity contribution is 7.92. The Hall–Kier alpha value is -2.55. The van der Waals surface area contributed by atoms with Crippen LogP contribution in [0.15, 0.2) is 53.4 Å². The summed E-state index contributed by atoms with van der Waals surface area (Å²) >= 11 is 0. The van der Waals surface area contributed by atoms with E-state index >= 15 is 0 Å². The van der Waals surface area contributed by atoms with Crippen LogP contribution in [0.2, 0.25) is 0 Å². The summed E-state index contributed by atoms with van der Waals surface area (Å²) in [6.07, 6.45) is -2.71. The summed E-state index contributed by atoms with van der Waals surface area (Å²) in [7, 11) is -4.08. The molecule has 0 saturated heterocycles. The van der Waals surface area contributed by atoms with E-state index in [2.05, 4.69) is 10.0 Å². The van der Waals surface area contributed by atoms with E-state index in [0.29, 0.717) is 5.56 Å². The van der Waals surface area contributed by atoms with Crippen LogP contribution >= 0.6 is 0 Å². The first-order valence-corrected chi connectivity index (χ1v) is 9.24. The lowest BCUT2D eigenvalue weighted by Crippen LogP contribution is -2.25. The minimum Gasteiger partial charge on any atom is -0.349 e. The van der Waals surface area contributed by atoms with E-state index in [9.17, 15) is 26.4 Å². The zero-order chi connectivity index (χ0) is 18.9. The average Bonchev–Trinajstić information content (AvgIpc) is 3.38. The van der Waals surface area contributed by atoms with Crippen molar-refractivity contribution in [2.75, 3.05) is 4.72 Å². The van der Waals surface area contributed by atoms with Gasteiger partial charge >= 0.3 is 6.18 Å². The smallest absolute Gasteiger partial charge is 0.349 e. The molecular weight excluding hydrogens is 369 g/mol. The molecule has 0 bridgehead atoms. The Bertz CT molecular complexity index is 921. The third-order valence-electron chi connectivity index (χ3n) is 3.78. The topological polar surface area (TPSA) is 75.3 Å². The van der Waals surface area contributed by atoms with Crippen molar-refractivity contribution in [3.8, 4) is 0 Å². The van der Waals surface area contributed by atoms with Gasteiger partial charge in [0.25, 0.3) is 15.9 Å². The van der Waals surface area contributed by atoms with E-state index in [1.165, 1.54) is 30.3 Å². The Morgan fingerprint density at radius 3 is 2.27 bits per heavy atom. The lowest BCUT2D eigenvalue weighted by atomic mass is 10.2. The number of carbonyl (C=O) groups is 1. The lowest BCUT2D eigenvalue weighted by molar-refractivity contribution is -0.137. The number of nitrogens with one attached hydrogen (secondary N) is 2. The second kappa shape index (κ2) is 6.64. The van der Waals surface area contributed by atoms with Crippen LogP contribution in [0.5, 0.6) is 0 Å². The van der Waals surface area contributed by atoms with Gasteiger partial charge in [-0.25, -0.2) is 8.42 Å². The number of halogens is 3. The number of rotatable bonds is 5. The summed E-state index contributed by atoms with van der Waals surface area (Å²) in [6.45, 7) is 0. The molecule has 1 fully saturated rings. The molecule has 1 saturated carbocycles. The quantitative estimate of drug-likeness (QED) is 0.830. The van der Waals surface area contributed by atoms with E-state index in [1.54, 1.807) is 0 Å². The van der Waals surface area contributed by atoms with Crippen LogP contribution in [0, 0.1) is 0 Å². The first-order valence-electron chi connectivity index (χ1n) is 7.76. The minimum absolute atomic E-state index is 0.155. The number of anilines is 1. The van der Waals surface area contributed by atoms with E-state index in [1.807, 2.05) is 0 Å². The number of carbonyl (C=O) groups excluding carboxylic acids is 1. The molecule has 1 aliphatic rings. The van der Waals surface area contributed by atoms with Crippen molar-refractivity contribution in [3.05, 3.63) is 59.7 Å². The van der Waals surface area contributed by atoms with Crippen LogP contribution in [0.25, 0.3) is 0 Å². The second-order valence-corrected chi connectivity index (χ2v) is 7.64. The zero-order valence-corrected chi connectivity index (χ0v) is 14.2. The Morgan fingerprint density at radius 1 is 1.04 bits per heavy atom. The highest BCUT2D eigenvalue weighted by Crippen LogP contribution is 2.31. The third-order valence-corrected chi connectivity index (χ3v) is 5.18. The van der Waals surface area contributed by atoms with E-state index in [-0.39, 0.29) is 22.5 Å². The molecule has 0 aromatic heterocycles. The summed E-state index contributed by atoms with van der Waals surface area (Å²) in [5, 5.41) is 2.78. The predicted octanol–water partition coefficient (Wildman–Crippen LogP) is 3.40. The number of amides is 1. The summed E-state index contributed by atoms with van der Waals surface area (Å²) in [4.78, 5) is 11.7. The maximum absolute atomic E-state index is 12.7. The fourth-order valence-corrected chi connectivity index (χ4v) is 3.30. The third kappa shape index (κ3) is 4.34. The van der Waals surface area contributed by atoms with Gasteiger partial charge in [0.15, 0.2) is 0 Å². The van der Waals surface area contributed by atoms with Crippen molar-refractivity contribution in [1.29, 1.82) is 0 Å². The van der Waals surface area contributed by atoms with Gasteiger partial charge in [0.1, 0.15) is 0 Å². The zero-order valence-electron chi connectivity index (χ0n) is 13.4. The molecule has 2 N–H and O–H groups in total. The molecule has 0 unspecified atom stereocenters. The number of sulfonamides is 1. The van der Waals surface area contributed by atoms with Gasteiger partial charge in [0, 0.05) is 17.3 Å². The average molecular weight is 384 g/mol. The molecular formula is C17H15F3N2O3S. The first-order chi connectivity index (χ1) is 12.1. The molecule has 1 aliphatic carbocycles. The van der Waals surface area contributed by atoms with E-state index < -0.39 is 21.8 Å². The molecule has 2 aromatic carbocycles. The largest absolute Gasteiger partial charge is 0.416 e. The van der Waals surface area contributed by atoms with Gasteiger partial charge in [0.05, 0.1) is 10.5 Å². The molecule has 0 spiro atoms. The Morgan fingerprint density at radius 2 is 1.69 bits per heavy atom. The second-order valence-electron chi connectivity index (χ2n) is 5.96. The summed E-state index contributed by atoms with van der Waals surface area (Å²) in [5.74, 6) is -0.290. The first kappa shape index (κ1) is 18.2. The van der Waals surface area contributed by atoms with Crippen LogP contribution in [-0.2, 0) is 16.2 Å². The summed E-state index contributed by atoms with van der Waals surface area (Å²) in [6, 6.07) is 9.27. The van der Waals surface area contributed by atoms with Gasteiger partial charge < -0.3 is 5.32 Å². The van der Waals surface area contributed by atoms with E-state index in [0.717, 1.165) is 31.0 Å². The van der Waals surface area contributed by atoms with Crippen molar-refractivity contribution in [2.24, 2.45) is 0 Å². The molecule has 26 heavy (non-hydrogen) atoms. The molecule has 138 valence electrons. The van der Waals surface area contributed by atoms with Crippen LogP contribution < -0.4 is 10.0 Å². The number of alkyl halides is 3. The van der Waals surface area contributed by atoms with Crippen molar-refractivity contribution in [1.82, 2.24) is 5.32 Å². The van der Waals surface area contributed by atoms with Crippen LogP contribution in [0.4, 0.5) is 18.9 Å². The highest BCUT2D eigenvalue weighted by atomic mass is 32.2. The molecule has 5 nitrogen and oxygen atoms in total. The highest BCUT2D eigenvalue weighted by Gasteiger charge is 2.30. The fourth-order valence-electron chi connectivity index (χ4n) is 2.25. The molecule has 0 atom stereocenters. The summed E-state index contributed by atoms with van der Waals surface area (Å²) < 4.78 is 65.0. The molecule has 0 aliphatic heterocycles. The molecule has 3 rings (SSSR count). The summed E-state index contributed by atoms with van der Waals surface area (Å²) in [5.41, 5.74) is -0.838. The van der Waals surface area contributed by atoms with Gasteiger partial charge in [0.2, 0.25) is 0 Å². The maximum atomic E-state index is 12.7. The van der Waals surface area contributed by atoms with Gasteiger partial charge in [-0.1, -0.05) is 6.07 Å². The van der Waals surface area contributed by atoms with Gasteiger partial charge in [-0.05, 0) is 55.3 Å². The van der Waals surface area contributed by atoms with Crippen LogP contribution in [0.1, 0.15) is 28.8 Å². The van der Waals surface area contributed by atoms with Gasteiger partial charge in [-0.2, -0.15) is 13.2 Å². The maximum Gasteiger partial charge on any atom is 0.416 e. The number of hydrogen-bond donors (Lipinski definition) is 2. The van der Waals surface area contributed by atoms with Crippen LogP contribution in [-0.4, -0.2) is 20.4 Å². The SMILES string of the molecule is O=C(NC1CC1)c1ccc(S(=O)(=O)Nc2cccc(C(F)(F)F)c2)cc1. The van der Waals surface area contributed by atoms with Crippen molar-refractivity contribution < 1.29 is 26.4 Å².